The molecule has 1 N–H and O–H groups in total. The molecule has 0 saturated carbocycles. The lowest BCUT2D eigenvalue weighted by Gasteiger charge is -2.22. The zero-order chi connectivity index (χ0) is 19.5. The molecule has 0 bridgehead atoms. The second kappa shape index (κ2) is 7.56. The number of carbonyl (C=O) groups excluding carboxylic acids is 1. The highest BCUT2D eigenvalue weighted by Gasteiger charge is 2.20. The first kappa shape index (κ1) is 17.8. The molecule has 5 nitrogen and oxygen atoms in total. The number of aromatic amines is 1. The van der Waals surface area contributed by atoms with Gasteiger partial charge in [0, 0.05) is 17.6 Å². The quantitative estimate of drug-likeness (QED) is 0.569. The molecular formula is C23H20N2O3. The van der Waals surface area contributed by atoms with Crippen molar-refractivity contribution in [1.82, 2.24) is 9.88 Å². The van der Waals surface area contributed by atoms with Gasteiger partial charge in [-0.2, -0.15) is 0 Å². The van der Waals surface area contributed by atoms with E-state index in [4.69, 9.17) is 4.42 Å². The van der Waals surface area contributed by atoms with E-state index in [-0.39, 0.29) is 23.8 Å². The van der Waals surface area contributed by atoms with Gasteiger partial charge in [0.1, 0.15) is 0 Å². The summed E-state index contributed by atoms with van der Waals surface area (Å²) in [5, 5.41) is 0.935. The second-order valence-corrected chi connectivity index (χ2v) is 6.84. The predicted octanol–water partition coefficient (Wildman–Crippen LogP) is 4.27. The van der Waals surface area contributed by atoms with E-state index in [2.05, 4.69) is 4.98 Å². The van der Waals surface area contributed by atoms with Crippen molar-refractivity contribution in [2.45, 2.75) is 20.0 Å². The number of H-pyrrole nitrogens is 1. The fourth-order valence-corrected chi connectivity index (χ4v) is 3.24. The first-order valence-corrected chi connectivity index (χ1v) is 9.09. The minimum Gasteiger partial charge on any atom is -0.459 e. The molecule has 4 rings (SSSR count). The topological polar surface area (TPSA) is 66.3 Å². The molecule has 0 radical (unpaired) electrons. The summed E-state index contributed by atoms with van der Waals surface area (Å²) in [6.45, 7) is 2.55. The highest BCUT2D eigenvalue weighted by atomic mass is 16.3. The van der Waals surface area contributed by atoms with E-state index in [0.717, 1.165) is 22.0 Å². The number of carbonyl (C=O) groups is 1. The summed E-state index contributed by atoms with van der Waals surface area (Å²) >= 11 is 0. The molecule has 0 atom stereocenters. The highest BCUT2D eigenvalue weighted by molar-refractivity contribution is 5.91. The molecule has 28 heavy (non-hydrogen) atoms. The van der Waals surface area contributed by atoms with Crippen molar-refractivity contribution in [3.8, 4) is 0 Å². The Morgan fingerprint density at radius 1 is 1.00 bits per heavy atom. The van der Waals surface area contributed by atoms with Crippen LogP contribution in [0.3, 0.4) is 0 Å². The van der Waals surface area contributed by atoms with Crippen LogP contribution in [0.2, 0.25) is 0 Å². The van der Waals surface area contributed by atoms with E-state index in [1.807, 2.05) is 61.5 Å². The summed E-state index contributed by atoms with van der Waals surface area (Å²) in [7, 11) is 0. The van der Waals surface area contributed by atoms with Crippen molar-refractivity contribution >= 4 is 16.8 Å². The van der Waals surface area contributed by atoms with Crippen molar-refractivity contribution < 1.29 is 9.21 Å². The average Bonchev–Trinajstić information content (AvgIpc) is 3.23. The first-order chi connectivity index (χ1) is 13.6. The Labute approximate surface area is 162 Å². The number of aryl methyl sites for hydroxylation is 1. The van der Waals surface area contributed by atoms with Crippen LogP contribution in [0, 0.1) is 6.92 Å². The SMILES string of the molecule is Cc1ccc2cc(CN(Cc3ccccc3)C(=O)c3ccco3)c(=O)[nH]c2c1. The molecule has 2 aromatic carbocycles. The third kappa shape index (κ3) is 3.74. The second-order valence-electron chi connectivity index (χ2n) is 6.84. The summed E-state index contributed by atoms with van der Waals surface area (Å²) in [6, 6.07) is 20.8. The van der Waals surface area contributed by atoms with Crippen LogP contribution in [-0.4, -0.2) is 15.8 Å². The lowest BCUT2D eigenvalue weighted by Crippen LogP contribution is -2.32. The van der Waals surface area contributed by atoms with Crippen molar-refractivity contribution in [1.29, 1.82) is 0 Å². The van der Waals surface area contributed by atoms with E-state index < -0.39 is 0 Å². The molecule has 0 saturated heterocycles. The van der Waals surface area contributed by atoms with E-state index in [9.17, 15) is 9.59 Å². The average molecular weight is 372 g/mol. The normalized spacial score (nSPS) is 10.9. The van der Waals surface area contributed by atoms with Crippen molar-refractivity contribution in [2.75, 3.05) is 0 Å². The van der Waals surface area contributed by atoms with Gasteiger partial charge in [0.25, 0.3) is 11.5 Å². The molecule has 2 heterocycles. The monoisotopic (exact) mass is 372 g/mol. The molecule has 0 aliphatic carbocycles. The summed E-state index contributed by atoms with van der Waals surface area (Å²) in [5.41, 5.74) is 3.20. The molecule has 0 aliphatic heterocycles. The fourth-order valence-electron chi connectivity index (χ4n) is 3.24. The Morgan fingerprint density at radius 3 is 2.57 bits per heavy atom. The van der Waals surface area contributed by atoms with E-state index in [0.29, 0.717) is 12.1 Å². The van der Waals surface area contributed by atoms with Crippen LogP contribution in [0.1, 0.15) is 27.2 Å². The molecule has 0 aliphatic rings. The number of nitrogens with one attached hydrogen (secondary N) is 1. The van der Waals surface area contributed by atoms with Gasteiger partial charge in [-0.05, 0) is 47.7 Å². The third-order valence-electron chi connectivity index (χ3n) is 4.68. The van der Waals surface area contributed by atoms with Crippen LogP contribution in [0.25, 0.3) is 10.9 Å². The number of hydrogen-bond acceptors (Lipinski definition) is 3. The predicted molar refractivity (Wildman–Crippen MR) is 108 cm³/mol. The van der Waals surface area contributed by atoms with Gasteiger partial charge < -0.3 is 14.3 Å². The maximum Gasteiger partial charge on any atom is 0.290 e. The zero-order valence-corrected chi connectivity index (χ0v) is 15.5. The molecule has 2 aromatic heterocycles. The Morgan fingerprint density at radius 2 is 1.82 bits per heavy atom. The Kier molecular flexibility index (Phi) is 4.81. The molecule has 0 unspecified atom stereocenters. The Hall–Kier alpha value is -3.60. The van der Waals surface area contributed by atoms with Crippen molar-refractivity contribution in [3.05, 3.63) is 106 Å². The number of amides is 1. The van der Waals surface area contributed by atoms with Gasteiger partial charge in [0.05, 0.1) is 12.8 Å². The smallest absolute Gasteiger partial charge is 0.290 e. The van der Waals surface area contributed by atoms with Crippen molar-refractivity contribution in [2.24, 2.45) is 0 Å². The molecule has 4 aromatic rings. The largest absolute Gasteiger partial charge is 0.459 e. The maximum atomic E-state index is 13.0. The number of fused-ring (bicyclic) bond motifs is 1. The number of pyridine rings is 1. The Balaban J connectivity index is 1.69. The van der Waals surface area contributed by atoms with Crippen LogP contribution >= 0.6 is 0 Å². The zero-order valence-electron chi connectivity index (χ0n) is 15.5. The van der Waals surface area contributed by atoms with Crippen LogP contribution in [0.4, 0.5) is 0 Å². The van der Waals surface area contributed by atoms with Gasteiger partial charge in [-0.15, -0.1) is 0 Å². The molecule has 0 fully saturated rings. The third-order valence-corrected chi connectivity index (χ3v) is 4.68. The first-order valence-electron chi connectivity index (χ1n) is 9.09. The van der Waals surface area contributed by atoms with Crippen LogP contribution < -0.4 is 5.56 Å². The number of benzene rings is 2. The molecule has 0 spiro atoms. The fraction of sp³-hybridized carbons (Fsp3) is 0.130. The highest BCUT2D eigenvalue weighted by Crippen LogP contribution is 2.17. The van der Waals surface area contributed by atoms with E-state index in [1.165, 1.54) is 6.26 Å². The minimum absolute atomic E-state index is 0.188. The lowest BCUT2D eigenvalue weighted by molar-refractivity contribution is 0.0697. The van der Waals surface area contributed by atoms with Gasteiger partial charge in [-0.1, -0.05) is 42.5 Å². The summed E-state index contributed by atoms with van der Waals surface area (Å²) in [4.78, 5) is 30.1. The maximum absolute atomic E-state index is 13.0. The number of furan rings is 1. The van der Waals surface area contributed by atoms with Gasteiger partial charge in [-0.3, -0.25) is 9.59 Å². The molecule has 5 heteroatoms. The van der Waals surface area contributed by atoms with Crippen LogP contribution in [0.5, 0.6) is 0 Å². The van der Waals surface area contributed by atoms with Crippen LogP contribution in [-0.2, 0) is 13.1 Å². The standard InChI is InChI=1S/C23H20N2O3/c1-16-9-10-18-13-19(22(26)24-20(18)12-16)15-25(14-17-6-3-2-4-7-17)23(27)21-8-5-11-28-21/h2-13H,14-15H2,1H3,(H,24,26). The number of aromatic nitrogens is 1. The van der Waals surface area contributed by atoms with Crippen molar-refractivity contribution in [3.63, 3.8) is 0 Å². The molecule has 1 amide bonds. The summed E-state index contributed by atoms with van der Waals surface area (Å²) < 4.78 is 5.29. The Bertz CT molecular complexity index is 1160. The molecular weight excluding hydrogens is 352 g/mol. The van der Waals surface area contributed by atoms with Crippen LogP contribution in [0.15, 0.2) is 82.2 Å². The van der Waals surface area contributed by atoms with Gasteiger partial charge in [0.2, 0.25) is 0 Å². The molecule has 140 valence electrons. The van der Waals surface area contributed by atoms with Gasteiger partial charge in [-0.25, -0.2) is 0 Å². The number of rotatable bonds is 5. The summed E-state index contributed by atoms with van der Waals surface area (Å²) in [5.74, 6) is 0.000954. The minimum atomic E-state index is -0.253. The van der Waals surface area contributed by atoms with E-state index in [1.54, 1.807) is 17.0 Å². The van der Waals surface area contributed by atoms with E-state index >= 15 is 0 Å². The number of hydrogen-bond donors (Lipinski definition) is 1. The number of nitrogens with zero attached hydrogens (tertiary/aromatic N) is 1. The lowest BCUT2D eigenvalue weighted by atomic mass is 10.1. The van der Waals surface area contributed by atoms with Gasteiger partial charge in [0.15, 0.2) is 5.76 Å². The summed E-state index contributed by atoms with van der Waals surface area (Å²) in [6.07, 6.45) is 1.47. The van der Waals surface area contributed by atoms with Gasteiger partial charge >= 0.3 is 0 Å².